The Morgan fingerprint density at radius 1 is 1.50 bits per heavy atom. The van der Waals surface area contributed by atoms with Gasteiger partial charge in [-0.05, 0) is 0 Å². The molecule has 0 aliphatic heterocycles. The zero-order valence-electron chi connectivity index (χ0n) is 3.13. The van der Waals surface area contributed by atoms with Crippen LogP contribution in [0.5, 0.6) is 0 Å². The van der Waals surface area contributed by atoms with Crippen molar-refractivity contribution in [1.29, 1.82) is 0 Å². The molecule has 0 radical (unpaired) electrons. The van der Waals surface area contributed by atoms with Crippen LogP contribution in [0.3, 0.4) is 0 Å². The third-order valence-corrected chi connectivity index (χ3v) is 0. The van der Waals surface area contributed by atoms with Crippen molar-refractivity contribution in [3.8, 4) is 0 Å². The van der Waals surface area contributed by atoms with Crippen molar-refractivity contribution >= 4 is 8.25 Å². The number of rotatable bonds is 0. The molecule has 0 bridgehead atoms. The molecule has 0 amide bonds. The molecule has 0 aromatic heterocycles. The summed E-state index contributed by atoms with van der Waals surface area (Å²) in [4.78, 5) is 14.2. The van der Waals surface area contributed by atoms with Gasteiger partial charge in [-0.2, -0.15) is 0 Å². The predicted octanol–water partition coefficient (Wildman–Crippen LogP) is 0.214. The van der Waals surface area contributed by atoms with Gasteiger partial charge in [0.1, 0.15) is 0 Å². The first-order chi connectivity index (χ1) is 2.73. The van der Waals surface area contributed by atoms with Crippen molar-refractivity contribution in [2.75, 3.05) is 7.18 Å². The van der Waals surface area contributed by atoms with E-state index in [1.165, 1.54) is 0 Å². The molecule has 0 saturated heterocycles. The third kappa shape index (κ3) is 13700. The fraction of sp³-hybridized carbons (Fsp3) is 1.00. The van der Waals surface area contributed by atoms with Crippen LogP contribution in [-0.4, -0.2) is 17.0 Å². The summed E-state index contributed by atoms with van der Waals surface area (Å²) in [7, 11) is -2.37. The van der Waals surface area contributed by atoms with Crippen molar-refractivity contribution in [2.24, 2.45) is 0 Å². The van der Waals surface area contributed by atoms with Crippen molar-refractivity contribution in [3.05, 3.63) is 0 Å². The molecule has 0 aromatic rings. The SMILES string of the molecule is CF.O=[P+](O)O. The molecule has 0 atom stereocenters. The summed E-state index contributed by atoms with van der Waals surface area (Å²) >= 11 is 0. The van der Waals surface area contributed by atoms with Gasteiger partial charge in [-0.1, -0.05) is 0 Å². The molecule has 0 saturated carbocycles. The molecule has 6 heavy (non-hydrogen) atoms. The van der Waals surface area contributed by atoms with Crippen LogP contribution in [0.25, 0.3) is 0 Å². The van der Waals surface area contributed by atoms with Crippen molar-refractivity contribution in [2.45, 2.75) is 0 Å². The lowest BCUT2D eigenvalue weighted by Gasteiger charge is -1.34. The second-order valence-corrected chi connectivity index (χ2v) is 0.758. The Hall–Kier alpha value is -0.0500. The molecule has 0 heterocycles. The van der Waals surface area contributed by atoms with Crippen LogP contribution in [0, 0.1) is 0 Å². The molecule has 5 heteroatoms. The average Bonchev–Trinajstić information content (AvgIpc) is 1.41. The van der Waals surface area contributed by atoms with Gasteiger partial charge < -0.3 is 0 Å². The largest absolute Gasteiger partial charge is 0.692 e. The number of alkyl halides is 1. The molecule has 2 N–H and O–H groups in total. The van der Waals surface area contributed by atoms with Gasteiger partial charge >= 0.3 is 8.25 Å². The highest BCUT2D eigenvalue weighted by Crippen LogP contribution is 1.98. The molecule has 0 rings (SSSR count). The van der Waals surface area contributed by atoms with E-state index in [2.05, 4.69) is 0 Å². The minimum atomic E-state index is -2.87. The van der Waals surface area contributed by atoms with Crippen LogP contribution in [0.15, 0.2) is 0 Å². The first-order valence-electron chi connectivity index (χ1n) is 0.961. The second-order valence-electron chi connectivity index (χ2n) is 0.253. The van der Waals surface area contributed by atoms with E-state index in [-0.39, 0.29) is 0 Å². The van der Waals surface area contributed by atoms with E-state index in [4.69, 9.17) is 14.4 Å². The van der Waals surface area contributed by atoms with Crippen molar-refractivity contribution < 1.29 is 18.7 Å². The smallest absolute Gasteiger partial charge is 0.255 e. The van der Waals surface area contributed by atoms with Gasteiger partial charge in [0.15, 0.2) is 0 Å². The molecule has 38 valence electrons. The lowest BCUT2D eigenvalue weighted by Crippen LogP contribution is -1.38. The lowest BCUT2D eigenvalue weighted by atomic mass is 11.9. The standard InChI is InChI=1S/CH3F.HO3P/c1-2;1-4(2)3/h1H3;(H-,1,2,3)/p+1. The highest BCUT2D eigenvalue weighted by atomic mass is 31.1. The average molecular weight is 115 g/mol. The summed E-state index contributed by atoms with van der Waals surface area (Å²) in [6.45, 7) is 0. The van der Waals surface area contributed by atoms with Crippen LogP contribution < -0.4 is 0 Å². The molecule has 3 nitrogen and oxygen atoms in total. The monoisotopic (exact) mass is 115 g/mol. The van der Waals surface area contributed by atoms with E-state index in [0.717, 1.165) is 0 Å². The summed E-state index contributed by atoms with van der Waals surface area (Å²) in [5, 5.41) is 0. The molecular weight excluding hydrogens is 110 g/mol. The maximum absolute atomic E-state index is 9.50. The Labute approximate surface area is 35.4 Å². The van der Waals surface area contributed by atoms with E-state index in [0.29, 0.717) is 7.18 Å². The van der Waals surface area contributed by atoms with E-state index < -0.39 is 8.25 Å². The summed E-state index contributed by atoms with van der Waals surface area (Å²) < 4.78 is 18.2. The fourth-order valence-corrected chi connectivity index (χ4v) is 0. The van der Waals surface area contributed by atoms with Gasteiger partial charge in [0.05, 0.1) is 7.18 Å². The molecule has 0 aromatic carbocycles. The van der Waals surface area contributed by atoms with Gasteiger partial charge in [-0.3, -0.25) is 4.39 Å². The molecule has 0 fully saturated rings. The van der Waals surface area contributed by atoms with Gasteiger partial charge in [0, 0.05) is 4.57 Å². The van der Waals surface area contributed by atoms with Gasteiger partial charge in [0.25, 0.3) is 0 Å². The van der Waals surface area contributed by atoms with E-state index in [1.54, 1.807) is 0 Å². The third-order valence-electron chi connectivity index (χ3n) is 0. The quantitative estimate of drug-likeness (QED) is 0.444. The predicted molar refractivity (Wildman–Crippen MR) is 19.1 cm³/mol. The summed E-state index contributed by atoms with van der Waals surface area (Å²) in [5.41, 5.74) is 0. The lowest BCUT2D eigenvalue weighted by molar-refractivity contribution is 0.405. The first-order valence-corrected chi connectivity index (χ1v) is 2.13. The molecule has 0 aliphatic rings. The van der Waals surface area contributed by atoms with Gasteiger partial charge in [-0.25, -0.2) is 0 Å². The van der Waals surface area contributed by atoms with E-state index in [1.807, 2.05) is 0 Å². The topological polar surface area (TPSA) is 57.5 Å². The Balaban J connectivity index is 0. The van der Waals surface area contributed by atoms with Crippen LogP contribution >= 0.6 is 8.25 Å². The number of hydrogen-bond acceptors (Lipinski definition) is 1. The highest BCUT2D eigenvalue weighted by Gasteiger charge is 1.93. The minimum absolute atomic E-state index is 0.500. The van der Waals surface area contributed by atoms with Gasteiger partial charge in [-0.15, -0.1) is 9.79 Å². The molecular formula is CH5FO3P+. The maximum Gasteiger partial charge on any atom is 0.692 e. The first kappa shape index (κ1) is 9.34. The fourth-order valence-electron chi connectivity index (χ4n) is 0. The maximum atomic E-state index is 9.50. The summed E-state index contributed by atoms with van der Waals surface area (Å²) in [6, 6.07) is 0. The summed E-state index contributed by atoms with van der Waals surface area (Å²) in [5.74, 6) is 0. The van der Waals surface area contributed by atoms with Crippen LogP contribution in [-0.2, 0) is 4.57 Å². The Kier molecular flexibility index (Phi) is 13.8. The Morgan fingerprint density at radius 3 is 1.50 bits per heavy atom. The molecule has 0 unspecified atom stereocenters. The summed E-state index contributed by atoms with van der Waals surface area (Å²) in [6.07, 6.45) is 0. The Morgan fingerprint density at radius 2 is 1.50 bits per heavy atom. The molecule has 0 spiro atoms. The number of hydrogen-bond donors (Lipinski definition) is 2. The molecule has 0 aliphatic carbocycles. The second kappa shape index (κ2) is 8.87. The van der Waals surface area contributed by atoms with Crippen molar-refractivity contribution in [3.63, 3.8) is 0 Å². The van der Waals surface area contributed by atoms with Crippen LogP contribution in [0.4, 0.5) is 4.39 Å². The van der Waals surface area contributed by atoms with E-state index in [9.17, 15) is 4.39 Å². The zero-order chi connectivity index (χ0) is 5.58. The van der Waals surface area contributed by atoms with Crippen LogP contribution in [0.2, 0.25) is 0 Å². The zero-order valence-corrected chi connectivity index (χ0v) is 4.02. The van der Waals surface area contributed by atoms with Gasteiger partial charge in [0.2, 0.25) is 0 Å². The minimum Gasteiger partial charge on any atom is -0.255 e. The Bertz CT molecular complexity index is 33.8. The van der Waals surface area contributed by atoms with Crippen molar-refractivity contribution in [1.82, 2.24) is 0 Å². The number of halogens is 1. The highest BCUT2D eigenvalue weighted by molar-refractivity contribution is 7.30. The van der Waals surface area contributed by atoms with E-state index >= 15 is 0 Å². The van der Waals surface area contributed by atoms with Crippen LogP contribution in [0.1, 0.15) is 0 Å². The normalized spacial score (nSPS) is 5.33.